The van der Waals surface area contributed by atoms with Crippen molar-refractivity contribution in [2.75, 3.05) is 6.61 Å². The van der Waals surface area contributed by atoms with Crippen molar-refractivity contribution >= 4 is 11.0 Å². The second-order valence-corrected chi connectivity index (χ2v) is 6.17. The third-order valence-electron chi connectivity index (χ3n) is 4.27. The van der Waals surface area contributed by atoms with Gasteiger partial charge in [0, 0.05) is 6.42 Å². The van der Waals surface area contributed by atoms with E-state index in [9.17, 15) is 5.11 Å². The van der Waals surface area contributed by atoms with Gasteiger partial charge in [-0.1, -0.05) is 37.3 Å². The number of aliphatic hydroxyl groups excluding tert-OH is 1. The Balaban J connectivity index is 1.74. The first kappa shape index (κ1) is 16.5. The Bertz CT molecular complexity index is 819. The number of hydrogen-bond acceptors (Lipinski definition) is 3. The maximum absolute atomic E-state index is 10.5. The lowest BCUT2D eigenvalue weighted by atomic mass is 10.1. The number of aliphatic hydroxyl groups is 1. The fourth-order valence-corrected chi connectivity index (χ4v) is 3.07. The molecular formula is C20H24N2O2. The first-order valence-electron chi connectivity index (χ1n) is 8.41. The van der Waals surface area contributed by atoms with Crippen LogP contribution in [-0.2, 0) is 13.0 Å². The maximum atomic E-state index is 10.5. The number of nitrogens with zero attached hydrogens (tertiary/aromatic N) is 2. The van der Waals surface area contributed by atoms with E-state index in [-0.39, 0.29) is 6.61 Å². The third kappa shape index (κ3) is 3.29. The molecule has 2 aromatic carbocycles. The van der Waals surface area contributed by atoms with Gasteiger partial charge in [-0.2, -0.15) is 0 Å². The summed E-state index contributed by atoms with van der Waals surface area (Å²) < 4.78 is 7.97. The minimum atomic E-state index is -0.591. The lowest BCUT2D eigenvalue weighted by molar-refractivity contribution is 0.0921. The van der Waals surface area contributed by atoms with Crippen LogP contribution < -0.4 is 4.74 Å². The topological polar surface area (TPSA) is 47.3 Å². The molecule has 0 fully saturated rings. The Morgan fingerprint density at radius 2 is 1.79 bits per heavy atom. The normalized spacial score (nSPS) is 12.5. The van der Waals surface area contributed by atoms with Crippen molar-refractivity contribution in [1.29, 1.82) is 0 Å². The van der Waals surface area contributed by atoms with Crippen molar-refractivity contribution in [3.05, 3.63) is 59.4 Å². The molecule has 0 amide bonds. The van der Waals surface area contributed by atoms with Gasteiger partial charge >= 0.3 is 0 Å². The molecule has 0 aliphatic heterocycles. The molecular weight excluding hydrogens is 300 g/mol. The van der Waals surface area contributed by atoms with Crippen LogP contribution in [0.25, 0.3) is 11.0 Å². The van der Waals surface area contributed by atoms with E-state index < -0.39 is 6.10 Å². The Hall–Kier alpha value is -2.33. The predicted molar refractivity (Wildman–Crippen MR) is 96.5 cm³/mol. The first-order chi connectivity index (χ1) is 11.6. The molecule has 0 aliphatic carbocycles. The van der Waals surface area contributed by atoms with Crippen LogP contribution >= 0.6 is 0 Å². The first-order valence-corrected chi connectivity index (χ1v) is 8.41. The van der Waals surface area contributed by atoms with Gasteiger partial charge in [0.05, 0.1) is 17.6 Å². The molecule has 4 nitrogen and oxygen atoms in total. The molecule has 0 radical (unpaired) electrons. The summed E-state index contributed by atoms with van der Waals surface area (Å²) in [5.41, 5.74) is 4.20. The van der Waals surface area contributed by atoms with E-state index in [4.69, 9.17) is 4.74 Å². The van der Waals surface area contributed by atoms with Gasteiger partial charge < -0.3 is 14.4 Å². The molecule has 1 aromatic heterocycles. The molecule has 1 heterocycles. The zero-order valence-corrected chi connectivity index (χ0v) is 14.5. The van der Waals surface area contributed by atoms with Crippen molar-refractivity contribution in [3.8, 4) is 5.75 Å². The van der Waals surface area contributed by atoms with E-state index in [1.807, 2.05) is 56.3 Å². The SMILES string of the molecule is CCc1nc2ccccc2n1CC(O)COc1c(C)cccc1C. The summed E-state index contributed by atoms with van der Waals surface area (Å²) in [5, 5.41) is 10.5. The molecule has 1 atom stereocenters. The van der Waals surface area contributed by atoms with Gasteiger partial charge in [-0.05, 0) is 37.1 Å². The van der Waals surface area contributed by atoms with Gasteiger partial charge in [-0.15, -0.1) is 0 Å². The molecule has 0 bridgehead atoms. The largest absolute Gasteiger partial charge is 0.490 e. The van der Waals surface area contributed by atoms with Crippen molar-refractivity contribution in [2.24, 2.45) is 0 Å². The average Bonchev–Trinajstić information content (AvgIpc) is 2.92. The Kier molecular flexibility index (Phi) is 4.86. The second kappa shape index (κ2) is 7.05. The molecule has 126 valence electrons. The van der Waals surface area contributed by atoms with Gasteiger partial charge in [0.15, 0.2) is 0 Å². The molecule has 0 saturated carbocycles. The smallest absolute Gasteiger partial charge is 0.125 e. The number of ether oxygens (including phenoxy) is 1. The van der Waals surface area contributed by atoms with Gasteiger partial charge in [0.25, 0.3) is 0 Å². The fourth-order valence-electron chi connectivity index (χ4n) is 3.07. The number of fused-ring (bicyclic) bond motifs is 1. The quantitative estimate of drug-likeness (QED) is 0.753. The summed E-state index contributed by atoms with van der Waals surface area (Å²) in [6.45, 7) is 6.87. The standard InChI is InChI=1S/C20H24N2O2/c1-4-19-21-17-10-5-6-11-18(17)22(19)12-16(23)13-24-20-14(2)8-7-9-15(20)3/h5-11,16,23H,4,12-13H2,1-3H3. The van der Waals surface area contributed by atoms with Gasteiger partial charge in [0.2, 0.25) is 0 Å². The van der Waals surface area contributed by atoms with E-state index in [2.05, 4.69) is 16.5 Å². The molecule has 1 unspecified atom stereocenters. The third-order valence-corrected chi connectivity index (χ3v) is 4.27. The molecule has 1 N–H and O–H groups in total. The molecule has 0 aliphatic rings. The summed E-state index contributed by atoms with van der Waals surface area (Å²) in [5.74, 6) is 1.85. The van der Waals surface area contributed by atoms with Crippen LogP contribution in [0.1, 0.15) is 23.9 Å². The highest BCUT2D eigenvalue weighted by molar-refractivity contribution is 5.75. The van der Waals surface area contributed by atoms with Crippen molar-refractivity contribution < 1.29 is 9.84 Å². The Morgan fingerprint density at radius 1 is 1.08 bits per heavy atom. The van der Waals surface area contributed by atoms with E-state index in [1.54, 1.807) is 0 Å². The Labute approximate surface area is 142 Å². The van der Waals surface area contributed by atoms with Crippen molar-refractivity contribution in [1.82, 2.24) is 9.55 Å². The van der Waals surface area contributed by atoms with Crippen LogP contribution in [0.5, 0.6) is 5.75 Å². The highest BCUT2D eigenvalue weighted by Crippen LogP contribution is 2.23. The van der Waals surface area contributed by atoms with Gasteiger partial charge in [-0.3, -0.25) is 0 Å². The summed E-state index contributed by atoms with van der Waals surface area (Å²) in [7, 11) is 0. The summed E-state index contributed by atoms with van der Waals surface area (Å²) >= 11 is 0. The highest BCUT2D eigenvalue weighted by atomic mass is 16.5. The second-order valence-electron chi connectivity index (χ2n) is 6.17. The lowest BCUT2D eigenvalue weighted by Crippen LogP contribution is -2.25. The van der Waals surface area contributed by atoms with Crippen LogP contribution in [0, 0.1) is 13.8 Å². The van der Waals surface area contributed by atoms with Crippen LogP contribution in [0.15, 0.2) is 42.5 Å². The lowest BCUT2D eigenvalue weighted by Gasteiger charge is -2.17. The number of hydrogen-bond donors (Lipinski definition) is 1. The molecule has 24 heavy (non-hydrogen) atoms. The molecule has 0 saturated heterocycles. The number of para-hydroxylation sites is 3. The number of benzene rings is 2. The predicted octanol–water partition coefficient (Wildman–Crippen LogP) is 3.66. The van der Waals surface area contributed by atoms with Gasteiger partial charge in [-0.25, -0.2) is 4.98 Å². The minimum Gasteiger partial charge on any atom is -0.490 e. The van der Waals surface area contributed by atoms with E-state index in [0.29, 0.717) is 6.54 Å². The fraction of sp³-hybridized carbons (Fsp3) is 0.350. The number of rotatable bonds is 6. The molecule has 0 spiro atoms. The van der Waals surface area contributed by atoms with Crippen LogP contribution in [0.2, 0.25) is 0 Å². The average molecular weight is 324 g/mol. The molecule has 3 rings (SSSR count). The highest BCUT2D eigenvalue weighted by Gasteiger charge is 2.14. The Morgan fingerprint density at radius 3 is 2.50 bits per heavy atom. The van der Waals surface area contributed by atoms with E-state index in [1.165, 1.54) is 0 Å². The zero-order valence-electron chi connectivity index (χ0n) is 14.5. The molecule has 3 aromatic rings. The van der Waals surface area contributed by atoms with Crippen molar-refractivity contribution in [3.63, 3.8) is 0 Å². The summed E-state index contributed by atoms with van der Waals surface area (Å²) in [6.07, 6.45) is 0.242. The van der Waals surface area contributed by atoms with E-state index >= 15 is 0 Å². The summed E-state index contributed by atoms with van der Waals surface area (Å²) in [6, 6.07) is 14.1. The van der Waals surface area contributed by atoms with E-state index in [0.717, 1.165) is 40.2 Å². The minimum absolute atomic E-state index is 0.265. The molecule has 4 heteroatoms. The van der Waals surface area contributed by atoms with Crippen LogP contribution in [0.4, 0.5) is 0 Å². The maximum Gasteiger partial charge on any atom is 0.125 e. The van der Waals surface area contributed by atoms with Gasteiger partial charge in [0.1, 0.15) is 24.3 Å². The zero-order chi connectivity index (χ0) is 17.1. The van der Waals surface area contributed by atoms with Crippen LogP contribution in [-0.4, -0.2) is 27.4 Å². The van der Waals surface area contributed by atoms with Crippen LogP contribution in [0.3, 0.4) is 0 Å². The number of imidazole rings is 1. The number of aryl methyl sites for hydroxylation is 3. The number of aromatic nitrogens is 2. The van der Waals surface area contributed by atoms with Crippen molar-refractivity contribution in [2.45, 2.75) is 39.8 Å². The summed E-state index contributed by atoms with van der Waals surface area (Å²) in [4.78, 5) is 4.64. The monoisotopic (exact) mass is 324 g/mol.